The minimum Gasteiger partial charge on any atom is -0.378 e. The van der Waals surface area contributed by atoms with E-state index in [-0.39, 0.29) is 18.3 Å². The highest BCUT2D eigenvalue weighted by Crippen LogP contribution is 2.21. The highest BCUT2D eigenvalue weighted by molar-refractivity contribution is 5.84. The molecule has 0 bridgehead atoms. The molecule has 0 spiro atoms. The zero-order chi connectivity index (χ0) is 15.5. The van der Waals surface area contributed by atoms with E-state index >= 15 is 0 Å². The van der Waals surface area contributed by atoms with Gasteiger partial charge < -0.3 is 20.7 Å². The van der Waals surface area contributed by atoms with Gasteiger partial charge in [0, 0.05) is 19.6 Å². The van der Waals surface area contributed by atoms with Crippen molar-refractivity contribution in [3.8, 4) is 0 Å². The fourth-order valence-corrected chi connectivity index (χ4v) is 2.13. The van der Waals surface area contributed by atoms with Crippen LogP contribution in [0.5, 0.6) is 0 Å². The van der Waals surface area contributed by atoms with Crippen LogP contribution >= 0.6 is 0 Å². The van der Waals surface area contributed by atoms with Crippen molar-refractivity contribution >= 4 is 11.6 Å². The van der Waals surface area contributed by atoms with Gasteiger partial charge >= 0.3 is 0 Å². The summed E-state index contributed by atoms with van der Waals surface area (Å²) in [7, 11) is 0. The van der Waals surface area contributed by atoms with E-state index in [0.29, 0.717) is 37.6 Å². The van der Waals surface area contributed by atoms with Gasteiger partial charge in [0.15, 0.2) is 0 Å². The summed E-state index contributed by atoms with van der Waals surface area (Å²) in [5.74, 6) is -0.546. The third-order valence-corrected chi connectivity index (χ3v) is 3.40. The third-order valence-electron chi connectivity index (χ3n) is 3.40. The first-order valence-corrected chi connectivity index (χ1v) is 7.06. The molecule has 0 unspecified atom stereocenters. The van der Waals surface area contributed by atoms with Crippen LogP contribution in [0.2, 0.25) is 0 Å². The van der Waals surface area contributed by atoms with E-state index in [1.54, 1.807) is 19.9 Å². The molecule has 1 amide bonds. The SMILES string of the molecule is CC(C)(N)C(=O)NCc1ccc(N2CCOCC2)c(F)c1. The first kappa shape index (κ1) is 15.7. The molecule has 116 valence electrons. The van der Waals surface area contributed by atoms with Crippen molar-refractivity contribution in [2.75, 3.05) is 31.2 Å². The number of nitrogens with one attached hydrogen (secondary N) is 1. The molecule has 0 aromatic heterocycles. The Bertz CT molecular complexity index is 508. The summed E-state index contributed by atoms with van der Waals surface area (Å²) >= 11 is 0. The van der Waals surface area contributed by atoms with Crippen molar-refractivity contribution in [3.63, 3.8) is 0 Å². The van der Waals surface area contributed by atoms with E-state index < -0.39 is 5.54 Å². The van der Waals surface area contributed by atoms with Gasteiger partial charge in [0.05, 0.1) is 24.4 Å². The minimum atomic E-state index is -0.938. The summed E-state index contributed by atoms with van der Waals surface area (Å²) in [4.78, 5) is 13.6. The summed E-state index contributed by atoms with van der Waals surface area (Å²) < 4.78 is 19.4. The number of ether oxygens (including phenoxy) is 1. The largest absolute Gasteiger partial charge is 0.378 e. The molecule has 3 N–H and O–H groups in total. The fourth-order valence-electron chi connectivity index (χ4n) is 2.13. The summed E-state index contributed by atoms with van der Waals surface area (Å²) in [5, 5.41) is 2.70. The van der Waals surface area contributed by atoms with Gasteiger partial charge in [0.25, 0.3) is 0 Å². The normalized spacial score (nSPS) is 15.9. The lowest BCUT2D eigenvalue weighted by atomic mass is 10.1. The van der Waals surface area contributed by atoms with E-state index in [0.717, 1.165) is 0 Å². The number of nitrogens with two attached hydrogens (primary N) is 1. The molecule has 0 saturated carbocycles. The Hall–Kier alpha value is -1.66. The highest BCUT2D eigenvalue weighted by Gasteiger charge is 2.21. The van der Waals surface area contributed by atoms with Crippen molar-refractivity contribution in [2.24, 2.45) is 5.73 Å². The number of halogens is 1. The van der Waals surface area contributed by atoms with Crippen LogP contribution in [0.3, 0.4) is 0 Å². The summed E-state index contributed by atoms with van der Waals surface area (Å²) in [5.41, 5.74) is 6.04. The van der Waals surface area contributed by atoms with Crippen molar-refractivity contribution in [1.29, 1.82) is 0 Å². The first-order chi connectivity index (χ1) is 9.88. The topological polar surface area (TPSA) is 67.6 Å². The monoisotopic (exact) mass is 295 g/mol. The number of carbonyl (C=O) groups excluding carboxylic acids is 1. The van der Waals surface area contributed by atoms with E-state index in [4.69, 9.17) is 10.5 Å². The number of anilines is 1. The van der Waals surface area contributed by atoms with Crippen LogP contribution in [0, 0.1) is 5.82 Å². The lowest BCUT2D eigenvalue weighted by Gasteiger charge is -2.29. The average molecular weight is 295 g/mol. The van der Waals surface area contributed by atoms with E-state index in [9.17, 15) is 9.18 Å². The molecule has 6 heteroatoms. The van der Waals surface area contributed by atoms with E-state index in [1.807, 2.05) is 11.0 Å². The Balaban J connectivity index is 2.00. The van der Waals surface area contributed by atoms with Crippen molar-refractivity contribution < 1.29 is 13.9 Å². The molecule has 21 heavy (non-hydrogen) atoms. The zero-order valence-electron chi connectivity index (χ0n) is 12.5. The van der Waals surface area contributed by atoms with Crippen LogP contribution in [-0.2, 0) is 16.1 Å². The maximum absolute atomic E-state index is 14.2. The number of amides is 1. The lowest BCUT2D eigenvalue weighted by Crippen LogP contribution is -2.48. The number of benzene rings is 1. The predicted octanol–water partition coefficient (Wildman–Crippen LogP) is 1.02. The Kier molecular flexibility index (Phi) is 4.80. The van der Waals surface area contributed by atoms with Gasteiger partial charge in [-0.2, -0.15) is 0 Å². The van der Waals surface area contributed by atoms with Gasteiger partial charge in [-0.25, -0.2) is 4.39 Å². The Morgan fingerprint density at radius 1 is 1.43 bits per heavy atom. The van der Waals surface area contributed by atoms with E-state index in [2.05, 4.69) is 5.32 Å². The smallest absolute Gasteiger partial charge is 0.239 e. The maximum atomic E-state index is 14.2. The Morgan fingerprint density at radius 2 is 2.10 bits per heavy atom. The second-order valence-corrected chi connectivity index (χ2v) is 5.79. The third kappa shape index (κ3) is 4.15. The second kappa shape index (κ2) is 6.41. The minimum absolute atomic E-state index is 0.264. The van der Waals surface area contributed by atoms with Gasteiger partial charge in [-0.05, 0) is 31.5 Å². The molecule has 2 rings (SSSR count). The maximum Gasteiger partial charge on any atom is 0.239 e. The zero-order valence-corrected chi connectivity index (χ0v) is 12.5. The average Bonchev–Trinajstić information content (AvgIpc) is 2.44. The molecular formula is C15H22FN3O2. The summed E-state index contributed by atoms with van der Waals surface area (Å²) in [6.45, 7) is 6.13. The van der Waals surface area contributed by atoms with Crippen LogP contribution in [0.4, 0.5) is 10.1 Å². The van der Waals surface area contributed by atoms with Gasteiger partial charge in [-0.1, -0.05) is 6.07 Å². The molecule has 1 aromatic rings. The molecule has 1 aliphatic heterocycles. The van der Waals surface area contributed by atoms with Gasteiger partial charge in [0.2, 0.25) is 5.91 Å². The molecule has 1 fully saturated rings. The van der Waals surface area contributed by atoms with Crippen molar-refractivity contribution in [1.82, 2.24) is 5.32 Å². The van der Waals surface area contributed by atoms with E-state index in [1.165, 1.54) is 6.07 Å². The van der Waals surface area contributed by atoms with Crippen LogP contribution in [0.1, 0.15) is 19.4 Å². The number of nitrogens with zero attached hydrogens (tertiary/aromatic N) is 1. The van der Waals surface area contributed by atoms with Crippen LogP contribution < -0.4 is 16.0 Å². The summed E-state index contributed by atoms with van der Waals surface area (Å²) in [6, 6.07) is 5.02. The Labute approximate surface area is 124 Å². The fraction of sp³-hybridized carbons (Fsp3) is 0.533. The molecule has 0 radical (unpaired) electrons. The van der Waals surface area contributed by atoms with Crippen LogP contribution in [0.25, 0.3) is 0 Å². The van der Waals surface area contributed by atoms with Crippen LogP contribution in [-0.4, -0.2) is 37.7 Å². The predicted molar refractivity (Wildman–Crippen MR) is 79.5 cm³/mol. The number of morpholine rings is 1. The standard InChI is InChI=1S/C15H22FN3O2/c1-15(2,17)14(20)18-10-11-3-4-13(12(16)9-11)19-5-7-21-8-6-19/h3-4,9H,5-8,10,17H2,1-2H3,(H,18,20). The quantitative estimate of drug-likeness (QED) is 0.870. The molecular weight excluding hydrogens is 273 g/mol. The molecule has 0 atom stereocenters. The van der Waals surface area contributed by atoms with Gasteiger partial charge in [-0.15, -0.1) is 0 Å². The summed E-state index contributed by atoms with van der Waals surface area (Å²) in [6.07, 6.45) is 0. The second-order valence-electron chi connectivity index (χ2n) is 5.79. The molecule has 5 nitrogen and oxygen atoms in total. The molecule has 1 heterocycles. The molecule has 1 saturated heterocycles. The van der Waals surface area contributed by atoms with Gasteiger partial charge in [-0.3, -0.25) is 4.79 Å². The number of carbonyl (C=O) groups is 1. The lowest BCUT2D eigenvalue weighted by molar-refractivity contribution is -0.125. The molecule has 1 aliphatic rings. The van der Waals surface area contributed by atoms with Crippen molar-refractivity contribution in [2.45, 2.75) is 25.9 Å². The first-order valence-electron chi connectivity index (χ1n) is 7.06. The highest BCUT2D eigenvalue weighted by atomic mass is 19.1. The van der Waals surface area contributed by atoms with Crippen molar-refractivity contribution in [3.05, 3.63) is 29.6 Å². The molecule has 1 aromatic carbocycles. The number of hydrogen-bond acceptors (Lipinski definition) is 4. The number of hydrogen-bond donors (Lipinski definition) is 2. The van der Waals surface area contributed by atoms with Gasteiger partial charge in [0.1, 0.15) is 5.82 Å². The Morgan fingerprint density at radius 3 is 2.67 bits per heavy atom. The molecule has 0 aliphatic carbocycles. The number of rotatable bonds is 4. The van der Waals surface area contributed by atoms with Crippen LogP contribution in [0.15, 0.2) is 18.2 Å².